The van der Waals surface area contributed by atoms with Gasteiger partial charge in [-0.15, -0.1) is 11.8 Å². The molecule has 1 aromatic rings. The van der Waals surface area contributed by atoms with E-state index in [4.69, 9.17) is 4.74 Å². The van der Waals surface area contributed by atoms with Gasteiger partial charge in [-0.2, -0.15) is 0 Å². The molecule has 2 saturated heterocycles. The van der Waals surface area contributed by atoms with Crippen LogP contribution in [0.25, 0.3) is 0 Å². The second-order valence-corrected chi connectivity index (χ2v) is 6.89. The molecule has 0 aromatic heterocycles. The summed E-state index contributed by atoms with van der Waals surface area (Å²) in [6, 6.07) is 9.19. The zero-order valence-electron chi connectivity index (χ0n) is 13.0. The molecule has 116 valence electrons. The number of benzene rings is 1. The molecule has 0 N–H and O–H groups in total. The maximum Gasteiger partial charge on any atom is 0.119 e. The van der Waals surface area contributed by atoms with Crippen LogP contribution in [-0.4, -0.2) is 61.4 Å². The molecule has 0 aliphatic carbocycles. The average Bonchev–Trinajstić information content (AvgIpc) is 3.19. The molecule has 3 nitrogen and oxygen atoms in total. The molecule has 2 aliphatic rings. The summed E-state index contributed by atoms with van der Waals surface area (Å²) in [4.78, 5) is 6.52. The van der Waals surface area contributed by atoms with Crippen molar-refractivity contribution in [3.63, 3.8) is 0 Å². The number of hydrogen-bond donors (Lipinski definition) is 0. The Hall–Kier alpha value is -0.710. The second-order valence-electron chi connectivity index (χ2n) is 6.01. The van der Waals surface area contributed by atoms with Crippen LogP contribution in [-0.2, 0) is 0 Å². The van der Waals surface area contributed by atoms with Crippen molar-refractivity contribution in [2.45, 2.75) is 30.2 Å². The highest BCUT2D eigenvalue weighted by atomic mass is 32.2. The molecular weight excluding hydrogens is 280 g/mol. The predicted molar refractivity (Wildman–Crippen MR) is 89.4 cm³/mol. The lowest BCUT2D eigenvalue weighted by Gasteiger charge is -2.23. The van der Waals surface area contributed by atoms with Crippen molar-refractivity contribution >= 4 is 11.8 Å². The number of rotatable bonds is 6. The van der Waals surface area contributed by atoms with E-state index in [1.54, 1.807) is 11.8 Å². The minimum atomic E-state index is 0.797. The number of thioether (sulfide) groups is 1. The Labute approximate surface area is 132 Å². The van der Waals surface area contributed by atoms with E-state index in [1.807, 2.05) is 0 Å². The van der Waals surface area contributed by atoms with Crippen molar-refractivity contribution in [2.75, 3.05) is 45.6 Å². The van der Waals surface area contributed by atoms with Gasteiger partial charge >= 0.3 is 0 Å². The van der Waals surface area contributed by atoms with Gasteiger partial charge in [0, 0.05) is 24.0 Å². The van der Waals surface area contributed by atoms with Crippen LogP contribution in [0.15, 0.2) is 29.2 Å². The molecule has 0 bridgehead atoms. The second kappa shape index (κ2) is 7.52. The van der Waals surface area contributed by atoms with Gasteiger partial charge in [0.15, 0.2) is 0 Å². The van der Waals surface area contributed by atoms with Crippen LogP contribution in [0, 0.1) is 0 Å². The zero-order chi connectivity index (χ0) is 14.5. The minimum Gasteiger partial charge on any atom is -0.492 e. The normalized spacial score (nSPS) is 23.8. The standard InChI is InChI=1S/C17H26N2OS/c1-21-17-6-4-16(5-7-17)20-13-12-18-11-8-15(14-18)19-9-2-3-10-19/h4-7,15H,2-3,8-14H2,1H3/t15-/m0/s1. The topological polar surface area (TPSA) is 15.7 Å². The quantitative estimate of drug-likeness (QED) is 0.751. The molecule has 0 saturated carbocycles. The molecule has 2 fully saturated rings. The van der Waals surface area contributed by atoms with E-state index < -0.39 is 0 Å². The Balaban J connectivity index is 1.37. The fourth-order valence-electron chi connectivity index (χ4n) is 3.38. The lowest BCUT2D eigenvalue weighted by atomic mass is 10.2. The molecular formula is C17H26N2OS. The highest BCUT2D eigenvalue weighted by Crippen LogP contribution is 2.21. The average molecular weight is 306 g/mol. The maximum atomic E-state index is 5.86. The summed E-state index contributed by atoms with van der Waals surface area (Å²) >= 11 is 1.77. The summed E-state index contributed by atoms with van der Waals surface area (Å²) in [7, 11) is 0. The number of nitrogens with zero attached hydrogens (tertiary/aromatic N) is 2. The van der Waals surface area contributed by atoms with Gasteiger partial charge in [-0.3, -0.25) is 9.80 Å². The van der Waals surface area contributed by atoms with E-state index in [1.165, 1.54) is 50.3 Å². The number of ether oxygens (including phenoxy) is 1. The van der Waals surface area contributed by atoms with Crippen molar-refractivity contribution in [2.24, 2.45) is 0 Å². The zero-order valence-corrected chi connectivity index (χ0v) is 13.8. The fraction of sp³-hybridized carbons (Fsp3) is 0.647. The minimum absolute atomic E-state index is 0.797. The van der Waals surface area contributed by atoms with Gasteiger partial charge in [0.25, 0.3) is 0 Å². The molecule has 0 radical (unpaired) electrons. The van der Waals surface area contributed by atoms with Crippen LogP contribution < -0.4 is 4.74 Å². The Kier molecular flexibility index (Phi) is 5.44. The van der Waals surface area contributed by atoms with Crippen molar-refractivity contribution in [1.82, 2.24) is 9.80 Å². The van der Waals surface area contributed by atoms with Gasteiger partial charge in [-0.05, 0) is 69.4 Å². The van der Waals surface area contributed by atoms with Gasteiger partial charge < -0.3 is 4.74 Å². The van der Waals surface area contributed by atoms with Gasteiger partial charge in [0.05, 0.1) is 0 Å². The van der Waals surface area contributed by atoms with Crippen LogP contribution in [0.3, 0.4) is 0 Å². The molecule has 0 unspecified atom stereocenters. The van der Waals surface area contributed by atoms with Crippen LogP contribution in [0.2, 0.25) is 0 Å². The monoisotopic (exact) mass is 306 g/mol. The first-order valence-corrected chi connectivity index (χ1v) is 9.31. The van der Waals surface area contributed by atoms with Crippen LogP contribution >= 0.6 is 11.8 Å². The summed E-state index contributed by atoms with van der Waals surface area (Å²) in [5.74, 6) is 0.989. The van der Waals surface area contributed by atoms with Crippen molar-refractivity contribution in [1.29, 1.82) is 0 Å². The SMILES string of the molecule is CSc1ccc(OCCN2CC[C@H](N3CCCC3)C2)cc1. The summed E-state index contributed by atoms with van der Waals surface area (Å²) in [5.41, 5.74) is 0. The molecule has 1 aromatic carbocycles. The Morgan fingerprint density at radius 3 is 2.62 bits per heavy atom. The van der Waals surface area contributed by atoms with Crippen molar-refractivity contribution in [3.05, 3.63) is 24.3 Å². The smallest absolute Gasteiger partial charge is 0.119 e. The predicted octanol–water partition coefficient (Wildman–Crippen LogP) is 2.96. The summed E-state index contributed by atoms with van der Waals surface area (Å²) in [6.45, 7) is 6.94. The largest absolute Gasteiger partial charge is 0.492 e. The third kappa shape index (κ3) is 4.15. The first-order valence-electron chi connectivity index (χ1n) is 8.08. The molecule has 2 heterocycles. The van der Waals surface area contributed by atoms with E-state index >= 15 is 0 Å². The van der Waals surface area contributed by atoms with E-state index in [-0.39, 0.29) is 0 Å². The molecule has 2 aliphatic heterocycles. The number of hydrogen-bond acceptors (Lipinski definition) is 4. The van der Waals surface area contributed by atoms with Gasteiger partial charge in [-0.1, -0.05) is 0 Å². The van der Waals surface area contributed by atoms with Gasteiger partial charge in [0.2, 0.25) is 0 Å². The van der Waals surface area contributed by atoms with Gasteiger partial charge in [-0.25, -0.2) is 0 Å². The number of likely N-dealkylation sites (tertiary alicyclic amines) is 2. The van der Waals surface area contributed by atoms with E-state index in [0.29, 0.717) is 0 Å². The summed E-state index contributed by atoms with van der Waals surface area (Å²) < 4.78 is 5.86. The highest BCUT2D eigenvalue weighted by Gasteiger charge is 2.28. The summed E-state index contributed by atoms with van der Waals surface area (Å²) in [5, 5.41) is 0. The summed E-state index contributed by atoms with van der Waals surface area (Å²) in [6.07, 6.45) is 6.22. The molecule has 0 amide bonds. The fourth-order valence-corrected chi connectivity index (χ4v) is 3.79. The molecule has 21 heavy (non-hydrogen) atoms. The Bertz CT molecular complexity index is 431. The molecule has 0 spiro atoms. The van der Waals surface area contributed by atoms with Crippen LogP contribution in [0.5, 0.6) is 5.75 Å². The van der Waals surface area contributed by atoms with E-state index in [2.05, 4.69) is 40.3 Å². The third-order valence-electron chi connectivity index (χ3n) is 4.64. The lowest BCUT2D eigenvalue weighted by molar-refractivity contribution is 0.207. The third-order valence-corrected chi connectivity index (χ3v) is 5.38. The van der Waals surface area contributed by atoms with Crippen molar-refractivity contribution < 1.29 is 4.74 Å². The van der Waals surface area contributed by atoms with E-state index in [0.717, 1.165) is 24.9 Å². The van der Waals surface area contributed by atoms with Crippen molar-refractivity contribution in [3.8, 4) is 5.75 Å². The Morgan fingerprint density at radius 2 is 1.90 bits per heavy atom. The van der Waals surface area contributed by atoms with Crippen LogP contribution in [0.1, 0.15) is 19.3 Å². The van der Waals surface area contributed by atoms with Gasteiger partial charge in [0.1, 0.15) is 12.4 Å². The molecule has 1 atom stereocenters. The van der Waals surface area contributed by atoms with E-state index in [9.17, 15) is 0 Å². The Morgan fingerprint density at radius 1 is 1.14 bits per heavy atom. The first kappa shape index (κ1) is 15.2. The lowest BCUT2D eigenvalue weighted by Crippen LogP contribution is -2.36. The first-order chi connectivity index (χ1) is 10.3. The molecule has 3 rings (SSSR count). The maximum absolute atomic E-state index is 5.86. The van der Waals surface area contributed by atoms with Crippen LogP contribution in [0.4, 0.5) is 0 Å². The molecule has 4 heteroatoms. The highest BCUT2D eigenvalue weighted by molar-refractivity contribution is 7.98.